The van der Waals surface area contributed by atoms with Gasteiger partial charge in [0.15, 0.2) is 0 Å². The molecule has 0 unspecified atom stereocenters. The Morgan fingerprint density at radius 3 is 2.42 bits per heavy atom. The van der Waals surface area contributed by atoms with E-state index < -0.39 is 0 Å². The maximum atomic E-state index is 5.20. The van der Waals surface area contributed by atoms with Gasteiger partial charge in [-0.1, -0.05) is 6.07 Å². The van der Waals surface area contributed by atoms with Gasteiger partial charge in [-0.25, -0.2) is 4.98 Å². The van der Waals surface area contributed by atoms with Gasteiger partial charge in [0.25, 0.3) is 0 Å². The summed E-state index contributed by atoms with van der Waals surface area (Å²) in [5, 5.41) is 0. The number of hydrogen-bond acceptors (Lipinski definition) is 2. The molecular formula is C16H16N2O. The summed E-state index contributed by atoms with van der Waals surface area (Å²) in [6, 6.07) is 12.2. The Bertz CT molecular complexity index is 726. The van der Waals surface area contributed by atoms with E-state index in [9.17, 15) is 0 Å². The molecule has 0 saturated heterocycles. The Morgan fingerprint density at radius 2 is 1.74 bits per heavy atom. The molecule has 3 nitrogen and oxygen atoms in total. The third kappa shape index (κ3) is 1.97. The minimum absolute atomic E-state index is 0.867. The standard InChI is InChI=1S/C16H16N2O/c1-11-4-9-15-17-12(2)16(18(15)10-11)13-5-7-14(19-3)8-6-13/h4-10H,1-3H3. The molecule has 96 valence electrons. The van der Waals surface area contributed by atoms with Crippen LogP contribution in [-0.4, -0.2) is 16.5 Å². The maximum absolute atomic E-state index is 5.20. The van der Waals surface area contributed by atoms with Gasteiger partial charge in [0.1, 0.15) is 11.4 Å². The maximum Gasteiger partial charge on any atom is 0.137 e. The molecule has 0 N–H and O–H groups in total. The largest absolute Gasteiger partial charge is 0.497 e. The summed E-state index contributed by atoms with van der Waals surface area (Å²) in [6.45, 7) is 4.13. The molecule has 0 amide bonds. The molecule has 0 aliphatic carbocycles. The lowest BCUT2D eigenvalue weighted by molar-refractivity contribution is 0.415. The van der Waals surface area contributed by atoms with E-state index in [0.717, 1.165) is 28.3 Å². The van der Waals surface area contributed by atoms with Crippen molar-refractivity contribution in [1.82, 2.24) is 9.38 Å². The van der Waals surface area contributed by atoms with Gasteiger partial charge in [0.05, 0.1) is 18.5 Å². The number of aromatic nitrogens is 2. The molecule has 0 bridgehead atoms. The van der Waals surface area contributed by atoms with E-state index in [2.05, 4.69) is 46.8 Å². The molecule has 0 saturated carbocycles. The van der Waals surface area contributed by atoms with Gasteiger partial charge in [0.2, 0.25) is 0 Å². The highest BCUT2D eigenvalue weighted by atomic mass is 16.5. The van der Waals surface area contributed by atoms with Crippen LogP contribution in [0.5, 0.6) is 5.75 Å². The number of pyridine rings is 1. The molecule has 19 heavy (non-hydrogen) atoms. The molecule has 3 aromatic rings. The average molecular weight is 252 g/mol. The third-order valence-corrected chi connectivity index (χ3v) is 3.30. The fourth-order valence-electron chi connectivity index (χ4n) is 2.37. The Kier molecular flexibility index (Phi) is 2.75. The summed E-state index contributed by atoms with van der Waals surface area (Å²) in [7, 11) is 1.68. The first kappa shape index (κ1) is 11.8. The van der Waals surface area contributed by atoms with E-state index in [1.807, 2.05) is 19.1 Å². The molecule has 0 fully saturated rings. The van der Waals surface area contributed by atoms with Crippen LogP contribution in [0.2, 0.25) is 0 Å². The molecule has 0 aliphatic rings. The molecule has 2 aromatic heterocycles. The normalized spacial score (nSPS) is 10.9. The number of benzene rings is 1. The van der Waals surface area contributed by atoms with Gasteiger partial charge in [-0.15, -0.1) is 0 Å². The first-order valence-electron chi connectivity index (χ1n) is 6.29. The second kappa shape index (κ2) is 4.43. The monoisotopic (exact) mass is 252 g/mol. The van der Waals surface area contributed by atoms with Crippen molar-refractivity contribution in [3.63, 3.8) is 0 Å². The molecule has 0 atom stereocenters. The van der Waals surface area contributed by atoms with Crippen molar-refractivity contribution in [1.29, 1.82) is 0 Å². The Balaban J connectivity index is 2.22. The van der Waals surface area contributed by atoms with E-state index in [1.54, 1.807) is 7.11 Å². The van der Waals surface area contributed by atoms with E-state index in [4.69, 9.17) is 4.74 Å². The lowest BCUT2D eigenvalue weighted by Crippen LogP contribution is -1.90. The third-order valence-electron chi connectivity index (χ3n) is 3.30. The summed E-state index contributed by atoms with van der Waals surface area (Å²) < 4.78 is 7.35. The van der Waals surface area contributed by atoms with Crippen LogP contribution in [0.1, 0.15) is 11.3 Å². The second-order valence-corrected chi connectivity index (χ2v) is 4.71. The van der Waals surface area contributed by atoms with Gasteiger partial charge in [0, 0.05) is 11.8 Å². The van der Waals surface area contributed by atoms with Crippen molar-refractivity contribution >= 4 is 5.65 Å². The Hall–Kier alpha value is -2.29. The van der Waals surface area contributed by atoms with Crippen molar-refractivity contribution in [2.24, 2.45) is 0 Å². The minimum Gasteiger partial charge on any atom is -0.497 e. The summed E-state index contributed by atoms with van der Waals surface area (Å²) in [4.78, 5) is 4.60. The molecule has 0 spiro atoms. The van der Waals surface area contributed by atoms with Gasteiger partial charge in [-0.2, -0.15) is 0 Å². The molecule has 1 aromatic carbocycles. The van der Waals surface area contributed by atoms with Crippen LogP contribution in [0.15, 0.2) is 42.6 Å². The number of aryl methyl sites for hydroxylation is 2. The molecule has 2 heterocycles. The van der Waals surface area contributed by atoms with Crippen molar-refractivity contribution < 1.29 is 4.74 Å². The molecule has 3 rings (SSSR count). The predicted molar refractivity (Wildman–Crippen MR) is 76.7 cm³/mol. The lowest BCUT2D eigenvalue weighted by Gasteiger charge is -2.05. The molecule has 0 aliphatic heterocycles. The number of rotatable bonds is 2. The zero-order valence-electron chi connectivity index (χ0n) is 11.3. The average Bonchev–Trinajstić information content (AvgIpc) is 2.74. The lowest BCUT2D eigenvalue weighted by atomic mass is 10.1. The van der Waals surface area contributed by atoms with Crippen LogP contribution in [0, 0.1) is 13.8 Å². The van der Waals surface area contributed by atoms with E-state index in [-0.39, 0.29) is 0 Å². The number of imidazole rings is 1. The zero-order chi connectivity index (χ0) is 13.4. The Morgan fingerprint density at radius 1 is 1.00 bits per heavy atom. The van der Waals surface area contributed by atoms with Crippen LogP contribution in [0.3, 0.4) is 0 Å². The van der Waals surface area contributed by atoms with Crippen molar-refractivity contribution in [3.05, 3.63) is 53.9 Å². The van der Waals surface area contributed by atoms with Crippen molar-refractivity contribution in [3.8, 4) is 17.0 Å². The number of hydrogen-bond donors (Lipinski definition) is 0. The number of ether oxygens (including phenoxy) is 1. The highest BCUT2D eigenvalue weighted by Gasteiger charge is 2.10. The fourth-order valence-corrected chi connectivity index (χ4v) is 2.37. The van der Waals surface area contributed by atoms with E-state index >= 15 is 0 Å². The van der Waals surface area contributed by atoms with Gasteiger partial charge < -0.3 is 4.74 Å². The topological polar surface area (TPSA) is 26.5 Å². The molecular weight excluding hydrogens is 236 g/mol. The number of fused-ring (bicyclic) bond motifs is 1. The summed E-state index contributed by atoms with van der Waals surface area (Å²) >= 11 is 0. The summed E-state index contributed by atoms with van der Waals surface area (Å²) in [6.07, 6.45) is 2.12. The van der Waals surface area contributed by atoms with E-state index in [1.165, 1.54) is 5.56 Å². The Labute approximate surface area is 112 Å². The smallest absolute Gasteiger partial charge is 0.137 e. The first-order valence-corrected chi connectivity index (χ1v) is 6.29. The van der Waals surface area contributed by atoms with Crippen LogP contribution in [0.4, 0.5) is 0 Å². The quantitative estimate of drug-likeness (QED) is 0.696. The number of nitrogens with zero attached hydrogens (tertiary/aromatic N) is 2. The van der Waals surface area contributed by atoms with Crippen LogP contribution >= 0.6 is 0 Å². The van der Waals surface area contributed by atoms with Crippen molar-refractivity contribution in [2.75, 3.05) is 7.11 Å². The first-order chi connectivity index (χ1) is 9.19. The minimum atomic E-state index is 0.867. The van der Waals surface area contributed by atoms with Gasteiger partial charge >= 0.3 is 0 Å². The van der Waals surface area contributed by atoms with Crippen LogP contribution in [0.25, 0.3) is 16.9 Å². The fraction of sp³-hybridized carbons (Fsp3) is 0.188. The molecule has 3 heteroatoms. The highest BCUT2D eigenvalue weighted by Crippen LogP contribution is 2.26. The second-order valence-electron chi connectivity index (χ2n) is 4.71. The summed E-state index contributed by atoms with van der Waals surface area (Å²) in [5.74, 6) is 0.867. The predicted octanol–water partition coefficient (Wildman–Crippen LogP) is 3.63. The van der Waals surface area contributed by atoms with Gasteiger partial charge in [-0.3, -0.25) is 4.40 Å². The van der Waals surface area contributed by atoms with Crippen molar-refractivity contribution in [2.45, 2.75) is 13.8 Å². The zero-order valence-corrected chi connectivity index (χ0v) is 11.3. The van der Waals surface area contributed by atoms with Crippen LogP contribution < -0.4 is 4.74 Å². The SMILES string of the molecule is COc1ccc(-c2c(C)nc3ccc(C)cn23)cc1. The van der Waals surface area contributed by atoms with E-state index in [0.29, 0.717) is 0 Å². The molecule has 0 radical (unpaired) electrons. The summed E-state index contributed by atoms with van der Waals surface area (Å²) in [5.41, 5.74) is 5.53. The highest BCUT2D eigenvalue weighted by molar-refractivity contribution is 5.67. The van der Waals surface area contributed by atoms with Crippen LogP contribution in [-0.2, 0) is 0 Å². The number of methoxy groups -OCH3 is 1. The van der Waals surface area contributed by atoms with Gasteiger partial charge in [-0.05, 0) is 49.7 Å².